The van der Waals surface area contributed by atoms with E-state index in [1.165, 1.54) is 6.07 Å². The molecule has 6 heteroatoms. The largest absolute Gasteiger partial charge is 0.355 e. The van der Waals surface area contributed by atoms with Crippen molar-refractivity contribution in [1.82, 2.24) is 9.88 Å². The van der Waals surface area contributed by atoms with Gasteiger partial charge in [-0.05, 0) is 43.0 Å². The molecule has 4 nitrogen and oxygen atoms in total. The lowest BCUT2D eigenvalue weighted by atomic mass is 9.92. The molecule has 0 spiro atoms. The van der Waals surface area contributed by atoms with Crippen molar-refractivity contribution < 1.29 is 9.18 Å². The number of likely N-dealkylation sites (tertiary alicyclic amines) is 1. The van der Waals surface area contributed by atoms with E-state index in [2.05, 4.69) is 9.88 Å². The van der Waals surface area contributed by atoms with Crippen LogP contribution in [0.3, 0.4) is 0 Å². The minimum absolute atomic E-state index is 0.0122. The smallest absolute Gasteiger partial charge is 0.227 e. The van der Waals surface area contributed by atoms with Gasteiger partial charge in [0.05, 0.1) is 12.5 Å². The van der Waals surface area contributed by atoms with E-state index in [4.69, 9.17) is 11.6 Å². The molecule has 2 atom stereocenters. The van der Waals surface area contributed by atoms with Gasteiger partial charge < -0.3 is 9.80 Å². The Morgan fingerprint density at radius 2 is 2.04 bits per heavy atom. The zero-order valence-corrected chi connectivity index (χ0v) is 15.2. The van der Waals surface area contributed by atoms with E-state index < -0.39 is 5.82 Å². The third-order valence-corrected chi connectivity index (χ3v) is 5.90. The molecular formula is C20H21ClFN3O. The Kier molecular flexibility index (Phi) is 4.81. The highest BCUT2D eigenvalue weighted by Crippen LogP contribution is 2.34. The average molecular weight is 374 g/mol. The summed E-state index contributed by atoms with van der Waals surface area (Å²) in [6, 6.07) is 10.6. The molecule has 2 aliphatic rings. The second kappa shape index (κ2) is 7.23. The first-order valence-corrected chi connectivity index (χ1v) is 9.39. The van der Waals surface area contributed by atoms with Crippen LogP contribution < -0.4 is 4.90 Å². The van der Waals surface area contributed by atoms with Crippen LogP contribution in [0.2, 0.25) is 5.02 Å². The van der Waals surface area contributed by atoms with Gasteiger partial charge in [-0.2, -0.15) is 0 Å². The molecule has 0 N–H and O–H groups in total. The lowest BCUT2D eigenvalue weighted by molar-refractivity contribution is -0.131. The summed E-state index contributed by atoms with van der Waals surface area (Å²) in [5.41, 5.74) is 0.292. The van der Waals surface area contributed by atoms with E-state index in [0.717, 1.165) is 38.3 Å². The van der Waals surface area contributed by atoms with E-state index in [9.17, 15) is 9.18 Å². The molecule has 0 aliphatic carbocycles. The van der Waals surface area contributed by atoms with Crippen LogP contribution >= 0.6 is 11.6 Å². The van der Waals surface area contributed by atoms with Crippen molar-refractivity contribution in [2.45, 2.75) is 25.3 Å². The van der Waals surface area contributed by atoms with Crippen molar-refractivity contribution in [2.75, 3.05) is 24.5 Å². The van der Waals surface area contributed by atoms with E-state index in [-0.39, 0.29) is 18.4 Å². The van der Waals surface area contributed by atoms with Gasteiger partial charge in [0.25, 0.3) is 0 Å². The van der Waals surface area contributed by atoms with E-state index >= 15 is 0 Å². The van der Waals surface area contributed by atoms with Gasteiger partial charge in [-0.25, -0.2) is 9.37 Å². The van der Waals surface area contributed by atoms with Gasteiger partial charge in [-0.1, -0.05) is 23.7 Å². The fourth-order valence-electron chi connectivity index (χ4n) is 4.15. The molecule has 0 saturated carbocycles. The zero-order chi connectivity index (χ0) is 18.1. The minimum atomic E-state index is -0.416. The molecule has 2 saturated heterocycles. The standard InChI is InChI=1S/C20H21ClFN3O/c21-16-4-3-5-17(22)15(16)12-20(26)25-11-8-14-7-10-24(13-18(14)25)19-6-1-2-9-23-19/h1-6,9,14,18H,7-8,10-13H2. The van der Waals surface area contributed by atoms with Crippen LogP contribution in [0.5, 0.6) is 0 Å². The number of fused-ring (bicyclic) bond motifs is 1. The quantitative estimate of drug-likeness (QED) is 0.825. The number of rotatable bonds is 3. The number of pyridine rings is 1. The number of nitrogens with zero attached hydrogens (tertiary/aromatic N) is 3. The summed E-state index contributed by atoms with van der Waals surface area (Å²) in [7, 11) is 0. The summed E-state index contributed by atoms with van der Waals surface area (Å²) in [4.78, 5) is 21.5. The van der Waals surface area contributed by atoms with Crippen molar-refractivity contribution in [1.29, 1.82) is 0 Å². The first-order valence-electron chi connectivity index (χ1n) is 9.02. The van der Waals surface area contributed by atoms with E-state index in [1.54, 1.807) is 18.3 Å². The number of hydrogen-bond donors (Lipinski definition) is 0. The first-order chi connectivity index (χ1) is 12.6. The van der Waals surface area contributed by atoms with E-state index in [0.29, 0.717) is 16.5 Å². The molecule has 1 aromatic carbocycles. The number of carbonyl (C=O) groups excluding carboxylic acids is 1. The van der Waals surface area contributed by atoms with Crippen molar-refractivity contribution in [2.24, 2.45) is 5.92 Å². The van der Waals surface area contributed by atoms with Crippen LogP contribution in [0.4, 0.5) is 10.2 Å². The highest BCUT2D eigenvalue weighted by Gasteiger charge is 2.40. The lowest BCUT2D eigenvalue weighted by Crippen LogP contribution is -2.50. The van der Waals surface area contributed by atoms with Gasteiger partial charge in [0.2, 0.25) is 5.91 Å². The Bertz CT molecular complexity index is 781. The van der Waals surface area contributed by atoms with Crippen LogP contribution in [-0.2, 0) is 11.2 Å². The van der Waals surface area contributed by atoms with Gasteiger partial charge in [0, 0.05) is 36.4 Å². The highest BCUT2D eigenvalue weighted by molar-refractivity contribution is 6.31. The van der Waals surface area contributed by atoms with Crippen LogP contribution in [0.25, 0.3) is 0 Å². The van der Waals surface area contributed by atoms with Crippen LogP contribution in [-0.4, -0.2) is 41.5 Å². The molecule has 0 radical (unpaired) electrons. The SMILES string of the molecule is O=C(Cc1c(F)cccc1Cl)N1CCC2CCN(c3ccccn3)CC21. The van der Waals surface area contributed by atoms with Gasteiger partial charge in [0.1, 0.15) is 11.6 Å². The summed E-state index contributed by atoms with van der Waals surface area (Å²) in [6.07, 6.45) is 3.86. The van der Waals surface area contributed by atoms with Crippen molar-refractivity contribution >= 4 is 23.3 Å². The maximum absolute atomic E-state index is 14.0. The van der Waals surface area contributed by atoms with Crippen molar-refractivity contribution in [3.05, 3.63) is 59.0 Å². The highest BCUT2D eigenvalue weighted by atomic mass is 35.5. The molecule has 3 heterocycles. The Labute approximate surface area is 157 Å². The maximum Gasteiger partial charge on any atom is 0.227 e. The topological polar surface area (TPSA) is 36.4 Å². The number of amides is 1. The molecule has 1 amide bonds. The number of halogens is 2. The van der Waals surface area contributed by atoms with Gasteiger partial charge in [-0.3, -0.25) is 4.79 Å². The second-order valence-corrected chi connectivity index (χ2v) is 7.41. The van der Waals surface area contributed by atoms with Gasteiger partial charge in [-0.15, -0.1) is 0 Å². The number of carbonyl (C=O) groups is 1. The van der Waals surface area contributed by atoms with Gasteiger partial charge in [0.15, 0.2) is 0 Å². The second-order valence-electron chi connectivity index (χ2n) is 7.00. The number of hydrogen-bond acceptors (Lipinski definition) is 3. The van der Waals surface area contributed by atoms with E-state index in [1.807, 2.05) is 23.1 Å². The fraction of sp³-hybridized carbons (Fsp3) is 0.400. The predicted octanol–water partition coefficient (Wildman–Crippen LogP) is 3.54. The summed E-state index contributed by atoms with van der Waals surface area (Å²) >= 11 is 6.09. The Balaban J connectivity index is 1.49. The molecule has 4 rings (SSSR count). The predicted molar refractivity (Wildman–Crippen MR) is 99.8 cm³/mol. The average Bonchev–Trinajstić information content (AvgIpc) is 3.09. The summed E-state index contributed by atoms with van der Waals surface area (Å²) in [5, 5.41) is 0.313. The molecule has 136 valence electrons. The molecular weight excluding hydrogens is 353 g/mol. The third kappa shape index (κ3) is 3.28. The molecule has 0 bridgehead atoms. The molecule has 2 aliphatic heterocycles. The molecule has 2 unspecified atom stereocenters. The van der Waals surface area contributed by atoms with Crippen molar-refractivity contribution in [3.8, 4) is 0 Å². The Morgan fingerprint density at radius 3 is 2.81 bits per heavy atom. The monoisotopic (exact) mass is 373 g/mol. The summed E-state index contributed by atoms with van der Waals surface area (Å²) in [6.45, 7) is 2.47. The molecule has 1 aromatic heterocycles. The molecule has 2 aromatic rings. The van der Waals surface area contributed by atoms with Crippen LogP contribution in [0, 0.1) is 11.7 Å². The minimum Gasteiger partial charge on any atom is -0.355 e. The first kappa shape index (κ1) is 17.3. The van der Waals surface area contributed by atoms with Crippen molar-refractivity contribution in [3.63, 3.8) is 0 Å². The number of anilines is 1. The summed E-state index contributed by atoms with van der Waals surface area (Å²) in [5.74, 6) is 0.991. The zero-order valence-electron chi connectivity index (χ0n) is 14.4. The normalized spacial score (nSPS) is 22.4. The Hall–Kier alpha value is -2.14. The maximum atomic E-state index is 14.0. The van der Waals surface area contributed by atoms with Crippen LogP contribution in [0.1, 0.15) is 18.4 Å². The molecule has 2 fully saturated rings. The number of aromatic nitrogens is 1. The number of piperidine rings is 1. The number of benzene rings is 1. The van der Waals surface area contributed by atoms with Gasteiger partial charge >= 0.3 is 0 Å². The lowest BCUT2D eigenvalue weighted by Gasteiger charge is -2.39. The summed E-state index contributed by atoms with van der Waals surface area (Å²) < 4.78 is 14.0. The third-order valence-electron chi connectivity index (χ3n) is 5.55. The Morgan fingerprint density at radius 1 is 1.19 bits per heavy atom. The molecule has 26 heavy (non-hydrogen) atoms. The van der Waals surface area contributed by atoms with Crippen LogP contribution in [0.15, 0.2) is 42.6 Å². The fourth-order valence-corrected chi connectivity index (χ4v) is 4.38.